The van der Waals surface area contributed by atoms with Crippen molar-refractivity contribution in [1.82, 2.24) is 9.97 Å². The molecular weight excluding hydrogens is 250 g/mol. The van der Waals surface area contributed by atoms with Crippen LogP contribution in [0.3, 0.4) is 0 Å². The molecule has 3 N–H and O–H groups in total. The summed E-state index contributed by atoms with van der Waals surface area (Å²) in [5.74, 6) is 0.367. The van der Waals surface area contributed by atoms with Gasteiger partial charge in [0, 0.05) is 11.1 Å². The largest absolute Gasteiger partial charge is 0.366 e. The average Bonchev–Trinajstić information content (AvgIpc) is 2.89. The van der Waals surface area contributed by atoms with E-state index < -0.39 is 5.91 Å². The predicted octanol–water partition coefficient (Wildman–Crippen LogP) is 2.89. The Morgan fingerprint density at radius 3 is 2.70 bits per heavy atom. The van der Waals surface area contributed by atoms with E-state index in [2.05, 4.69) is 9.97 Å². The van der Waals surface area contributed by atoms with Crippen molar-refractivity contribution in [2.24, 2.45) is 5.73 Å². The number of hydrogen-bond donors (Lipinski definition) is 2. The molecule has 100 valence electrons. The highest BCUT2D eigenvalue weighted by atomic mass is 16.1. The van der Waals surface area contributed by atoms with Gasteiger partial charge in [-0.1, -0.05) is 31.2 Å². The number of nitrogens with zero attached hydrogens (tertiary/aromatic N) is 1. The van der Waals surface area contributed by atoms with E-state index >= 15 is 0 Å². The molecular formula is C16H15N3O. The first kappa shape index (κ1) is 12.4. The minimum atomic E-state index is -0.403. The number of amides is 1. The molecule has 2 aromatic carbocycles. The van der Waals surface area contributed by atoms with Gasteiger partial charge in [0.15, 0.2) is 0 Å². The molecule has 20 heavy (non-hydrogen) atoms. The first-order valence-electron chi connectivity index (χ1n) is 6.57. The van der Waals surface area contributed by atoms with Crippen LogP contribution in [0, 0.1) is 0 Å². The van der Waals surface area contributed by atoms with Crippen molar-refractivity contribution < 1.29 is 4.79 Å². The molecule has 3 rings (SSSR count). The Bertz CT molecular complexity index is 756. The van der Waals surface area contributed by atoms with E-state index in [9.17, 15) is 4.79 Å². The van der Waals surface area contributed by atoms with Gasteiger partial charge in [0.2, 0.25) is 5.91 Å². The Labute approximate surface area is 116 Å². The lowest BCUT2D eigenvalue weighted by molar-refractivity contribution is 0.0999. The summed E-state index contributed by atoms with van der Waals surface area (Å²) < 4.78 is 0. The molecule has 4 nitrogen and oxygen atoms in total. The van der Waals surface area contributed by atoms with Gasteiger partial charge in [0.1, 0.15) is 5.82 Å². The van der Waals surface area contributed by atoms with E-state index in [0.717, 1.165) is 34.4 Å². The Hall–Kier alpha value is -2.62. The highest BCUT2D eigenvalue weighted by Crippen LogP contribution is 2.26. The molecule has 1 amide bonds. The Balaban J connectivity index is 2.23. The lowest BCUT2D eigenvalue weighted by atomic mass is 9.98. The number of primary amides is 1. The fraction of sp³-hybridized carbons (Fsp3) is 0.125. The molecule has 0 spiro atoms. The fourth-order valence-electron chi connectivity index (χ4n) is 2.50. The van der Waals surface area contributed by atoms with Crippen LogP contribution in [0.25, 0.3) is 22.4 Å². The van der Waals surface area contributed by atoms with Crippen molar-refractivity contribution in [2.75, 3.05) is 0 Å². The standard InChI is InChI=1S/C16H15N3O/c1-2-10-11(15(17)20)6-5-7-12(10)16-18-13-8-3-4-9-14(13)19-16/h3-9H,2H2,1H3,(H2,17,20)(H,18,19). The molecule has 0 atom stereocenters. The maximum atomic E-state index is 11.5. The van der Waals surface area contributed by atoms with E-state index in [4.69, 9.17) is 5.73 Å². The van der Waals surface area contributed by atoms with Crippen molar-refractivity contribution in [2.45, 2.75) is 13.3 Å². The van der Waals surface area contributed by atoms with Crippen LogP contribution in [0.4, 0.5) is 0 Å². The lowest BCUT2D eigenvalue weighted by Gasteiger charge is -2.09. The zero-order valence-electron chi connectivity index (χ0n) is 11.2. The number of fused-ring (bicyclic) bond motifs is 1. The second kappa shape index (κ2) is 4.81. The number of aromatic amines is 1. The summed E-state index contributed by atoms with van der Waals surface area (Å²) in [6.45, 7) is 2.01. The number of para-hydroxylation sites is 2. The van der Waals surface area contributed by atoms with E-state index in [-0.39, 0.29) is 0 Å². The van der Waals surface area contributed by atoms with Crippen LogP contribution < -0.4 is 5.73 Å². The smallest absolute Gasteiger partial charge is 0.248 e. The highest BCUT2D eigenvalue weighted by molar-refractivity contribution is 5.96. The normalized spacial score (nSPS) is 10.8. The van der Waals surface area contributed by atoms with Gasteiger partial charge >= 0.3 is 0 Å². The van der Waals surface area contributed by atoms with Gasteiger partial charge in [-0.3, -0.25) is 4.79 Å². The van der Waals surface area contributed by atoms with Crippen LogP contribution in [0.2, 0.25) is 0 Å². The maximum absolute atomic E-state index is 11.5. The van der Waals surface area contributed by atoms with Gasteiger partial charge in [0.05, 0.1) is 11.0 Å². The Morgan fingerprint density at radius 1 is 1.20 bits per heavy atom. The third kappa shape index (κ3) is 1.95. The minimum absolute atomic E-state index is 0.403. The van der Waals surface area contributed by atoms with E-state index in [1.807, 2.05) is 43.3 Å². The lowest BCUT2D eigenvalue weighted by Crippen LogP contribution is -2.14. The van der Waals surface area contributed by atoms with Gasteiger partial charge in [-0.25, -0.2) is 4.98 Å². The first-order valence-corrected chi connectivity index (χ1v) is 6.57. The summed E-state index contributed by atoms with van der Waals surface area (Å²) in [5, 5.41) is 0. The first-order chi connectivity index (χ1) is 9.70. The molecule has 0 aliphatic heterocycles. The topological polar surface area (TPSA) is 71.8 Å². The quantitative estimate of drug-likeness (QED) is 0.764. The summed E-state index contributed by atoms with van der Waals surface area (Å²) in [6, 6.07) is 13.4. The zero-order valence-corrected chi connectivity index (χ0v) is 11.2. The molecule has 1 heterocycles. The van der Waals surface area contributed by atoms with E-state index in [0.29, 0.717) is 5.56 Å². The number of hydrogen-bond acceptors (Lipinski definition) is 2. The third-order valence-electron chi connectivity index (χ3n) is 3.44. The number of carbonyl (C=O) groups is 1. The van der Waals surface area contributed by atoms with Crippen molar-refractivity contribution >= 4 is 16.9 Å². The van der Waals surface area contributed by atoms with Crippen molar-refractivity contribution in [3.8, 4) is 11.4 Å². The highest BCUT2D eigenvalue weighted by Gasteiger charge is 2.14. The fourth-order valence-corrected chi connectivity index (χ4v) is 2.50. The molecule has 0 fully saturated rings. The summed E-state index contributed by atoms with van der Waals surface area (Å²) in [4.78, 5) is 19.4. The zero-order chi connectivity index (χ0) is 14.1. The molecule has 0 aliphatic rings. The van der Waals surface area contributed by atoms with Crippen LogP contribution in [0.15, 0.2) is 42.5 Å². The molecule has 0 saturated carbocycles. The van der Waals surface area contributed by atoms with Crippen molar-refractivity contribution in [1.29, 1.82) is 0 Å². The van der Waals surface area contributed by atoms with Gasteiger partial charge < -0.3 is 10.7 Å². The Morgan fingerprint density at radius 2 is 2.00 bits per heavy atom. The number of nitrogens with two attached hydrogens (primary N) is 1. The minimum Gasteiger partial charge on any atom is -0.366 e. The molecule has 0 saturated heterocycles. The number of aromatic nitrogens is 2. The summed E-state index contributed by atoms with van der Waals surface area (Å²) in [6.07, 6.45) is 0.728. The van der Waals surface area contributed by atoms with Crippen LogP contribution in [0.1, 0.15) is 22.8 Å². The molecule has 1 aromatic heterocycles. The van der Waals surface area contributed by atoms with Gasteiger partial charge in [-0.2, -0.15) is 0 Å². The second-order valence-corrected chi connectivity index (χ2v) is 4.65. The van der Waals surface area contributed by atoms with E-state index in [1.165, 1.54) is 0 Å². The number of benzene rings is 2. The number of carbonyl (C=O) groups excluding carboxylic acids is 1. The van der Waals surface area contributed by atoms with Gasteiger partial charge in [-0.05, 0) is 30.2 Å². The number of nitrogens with one attached hydrogen (secondary N) is 1. The van der Waals surface area contributed by atoms with Crippen molar-refractivity contribution in [3.05, 3.63) is 53.6 Å². The third-order valence-corrected chi connectivity index (χ3v) is 3.44. The number of imidazole rings is 1. The summed E-state index contributed by atoms with van der Waals surface area (Å²) in [5.41, 5.74) is 9.76. The molecule has 0 unspecified atom stereocenters. The monoisotopic (exact) mass is 265 g/mol. The molecule has 0 radical (unpaired) electrons. The molecule has 0 aliphatic carbocycles. The SMILES string of the molecule is CCc1c(C(N)=O)cccc1-c1nc2ccccc2[nH]1. The predicted molar refractivity (Wildman–Crippen MR) is 79.4 cm³/mol. The van der Waals surface area contributed by atoms with Crippen LogP contribution in [0.5, 0.6) is 0 Å². The second-order valence-electron chi connectivity index (χ2n) is 4.65. The summed E-state index contributed by atoms with van der Waals surface area (Å²) >= 11 is 0. The van der Waals surface area contributed by atoms with Crippen molar-refractivity contribution in [3.63, 3.8) is 0 Å². The van der Waals surface area contributed by atoms with Crippen LogP contribution >= 0.6 is 0 Å². The van der Waals surface area contributed by atoms with Gasteiger partial charge in [-0.15, -0.1) is 0 Å². The number of H-pyrrole nitrogens is 1. The molecule has 0 bridgehead atoms. The van der Waals surface area contributed by atoms with Crippen LogP contribution in [-0.2, 0) is 6.42 Å². The Kier molecular flexibility index (Phi) is 2.99. The number of rotatable bonds is 3. The van der Waals surface area contributed by atoms with E-state index in [1.54, 1.807) is 6.07 Å². The molecule has 3 aromatic rings. The summed E-state index contributed by atoms with van der Waals surface area (Å²) in [7, 11) is 0. The van der Waals surface area contributed by atoms with Gasteiger partial charge in [0.25, 0.3) is 0 Å². The van der Waals surface area contributed by atoms with Crippen LogP contribution in [-0.4, -0.2) is 15.9 Å². The maximum Gasteiger partial charge on any atom is 0.248 e. The average molecular weight is 265 g/mol. The molecule has 4 heteroatoms.